The number of benzene rings is 1. The van der Waals surface area contributed by atoms with Gasteiger partial charge in [0.05, 0.1) is 35.7 Å². The summed E-state index contributed by atoms with van der Waals surface area (Å²) >= 11 is 5.68. The molecular formula is C18H16ClF4N5O. The highest BCUT2D eigenvalue weighted by Crippen LogP contribution is 2.35. The first-order valence-electron chi connectivity index (χ1n) is 8.50. The van der Waals surface area contributed by atoms with Gasteiger partial charge < -0.3 is 5.32 Å². The van der Waals surface area contributed by atoms with Gasteiger partial charge in [-0.3, -0.25) is 14.2 Å². The molecule has 0 aliphatic rings. The molecule has 1 amide bonds. The lowest BCUT2D eigenvalue weighted by Crippen LogP contribution is -2.16. The fraction of sp³-hybridized carbons (Fsp3) is 0.278. The second-order valence-corrected chi connectivity index (χ2v) is 6.70. The Bertz CT molecular complexity index is 1030. The van der Waals surface area contributed by atoms with Crippen molar-refractivity contribution in [2.45, 2.75) is 32.6 Å². The number of carbonyl (C=O) groups excluding carboxylic acids is 1. The third-order valence-corrected chi connectivity index (χ3v) is 4.56. The molecule has 3 rings (SSSR count). The summed E-state index contributed by atoms with van der Waals surface area (Å²) in [5, 5.41) is 9.67. The van der Waals surface area contributed by atoms with Gasteiger partial charge in [0, 0.05) is 12.6 Å². The van der Waals surface area contributed by atoms with Gasteiger partial charge in [-0.15, -0.1) is 0 Å². The molecule has 0 unspecified atom stereocenters. The minimum atomic E-state index is -4.66. The van der Waals surface area contributed by atoms with Crippen LogP contribution in [0, 0.1) is 12.7 Å². The first kappa shape index (κ1) is 20.8. The van der Waals surface area contributed by atoms with Crippen LogP contribution in [0.15, 0.2) is 36.7 Å². The average molecular weight is 430 g/mol. The van der Waals surface area contributed by atoms with E-state index in [4.69, 9.17) is 11.6 Å². The van der Waals surface area contributed by atoms with Crippen LogP contribution < -0.4 is 5.32 Å². The molecule has 1 N–H and O–H groups in total. The van der Waals surface area contributed by atoms with Gasteiger partial charge in [-0.2, -0.15) is 23.4 Å². The Morgan fingerprint density at radius 1 is 1.31 bits per heavy atom. The number of nitrogens with one attached hydrogen (secondary N) is 1. The van der Waals surface area contributed by atoms with Crippen molar-refractivity contribution in [3.8, 4) is 0 Å². The topological polar surface area (TPSA) is 64.7 Å². The number of nitrogens with zero attached hydrogens (tertiary/aromatic N) is 4. The van der Waals surface area contributed by atoms with Gasteiger partial charge in [0.15, 0.2) is 5.69 Å². The summed E-state index contributed by atoms with van der Waals surface area (Å²) in [5.41, 5.74) is 0.0838. The monoisotopic (exact) mass is 429 g/mol. The summed E-state index contributed by atoms with van der Waals surface area (Å²) in [5.74, 6) is -0.777. The van der Waals surface area contributed by atoms with Gasteiger partial charge in [0.1, 0.15) is 5.82 Å². The summed E-state index contributed by atoms with van der Waals surface area (Å²) in [7, 11) is 0. The van der Waals surface area contributed by atoms with Gasteiger partial charge in [0.2, 0.25) is 5.91 Å². The van der Waals surface area contributed by atoms with Crippen LogP contribution in [-0.4, -0.2) is 25.5 Å². The highest BCUT2D eigenvalue weighted by molar-refractivity contribution is 6.31. The maximum atomic E-state index is 13.2. The van der Waals surface area contributed by atoms with Crippen LogP contribution in [0.2, 0.25) is 5.02 Å². The number of alkyl halides is 3. The molecule has 0 saturated carbocycles. The van der Waals surface area contributed by atoms with E-state index in [0.717, 1.165) is 4.68 Å². The van der Waals surface area contributed by atoms with Gasteiger partial charge in [-0.1, -0.05) is 23.7 Å². The van der Waals surface area contributed by atoms with Crippen LogP contribution in [0.3, 0.4) is 0 Å². The Balaban J connectivity index is 1.57. The van der Waals surface area contributed by atoms with E-state index in [1.165, 1.54) is 29.9 Å². The second-order valence-electron chi connectivity index (χ2n) is 6.32. The van der Waals surface area contributed by atoms with E-state index in [9.17, 15) is 22.4 Å². The second kappa shape index (κ2) is 8.24. The minimum absolute atomic E-state index is 0.0646. The van der Waals surface area contributed by atoms with Crippen LogP contribution in [-0.2, 0) is 24.1 Å². The van der Waals surface area contributed by atoms with E-state index in [1.54, 1.807) is 18.3 Å². The number of hydrogen-bond donors (Lipinski definition) is 1. The Labute approximate surface area is 168 Å². The van der Waals surface area contributed by atoms with E-state index in [-0.39, 0.29) is 24.5 Å². The lowest BCUT2D eigenvalue weighted by atomic mass is 10.2. The molecule has 0 aliphatic heterocycles. The van der Waals surface area contributed by atoms with E-state index >= 15 is 0 Å². The largest absolute Gasteiger partial charge is 0.436 e. The number of rotatable bonds is 6. The van der Waals surface area contributed by atoms with E-state index in [2.05, 4.69) is 15.5 Å². The zero-order valence-electron chi connectivity index (χ0n) is 15.2. The predicted molar refractivity (Wildman–Crippen MR) is 98.0 cm³/mol. The maximum absolute atomic E-state index is 13.2. The number of carbonyl (C=O) groups is 1. The molecular weight excluding hydrogens is 414 g/mol. The first-order valence-corrected chi connectivity index (χ1v) is 8.88. The molecule has 2 heterocycles. The normalized spacial score (nSPS) is 11.7. The molecule has 0 fully saturated rings. The number of amides is 1. The lowest BCUT2D eigenvalue weighted by Gasteiger charge is -2.05. The SMILES string of the molecule is Cc1c(Cl)c(C(F)(F)F)nn1CCC(=O)Nc1cnn(Cc2cccc(F)c2)c1. The smallest absolute Gasteiger partial charge is 0.323 e. The Morgan fingerprint density at radius 3 is 2.72 bits per heavy atom. The summed E-state index contributed by atoms with van der Waals surface area (Å²) in [6, 6.07) is 6.05. The van der Waals surface area contributed by atoms with E-state index in [1.807, 2.05) is 0 Å². The van der Waals surface area contributed by atoms with Crippen LogP contribution in [0.25, 0.3) is 0 Å². The third-order valence-electron chi connectivity index (χ3n) is 4.10. The molecule has 1 aromatic carbocycles. The molecule has 0 saturated heterocycles. The van der Waals surface area contributed by atoms with Crippen molar-refractivity contribution in [2.24, 2.45) is 0 Å². The zero-order valence-corrected chi connectivity index (χ0v) is 15.9. The quantitative estimate of drug-likeness (QED) is 0.595. The van der Waals surface area contributed by atoms with Gasteiger partial charge in [-0.05, 0) is 24.6 Å². The minimum Gasteiger partial charge on any atom is -0.323 e. The Kier molecular flexibility index (Phi) is 5.92. The van der Waals surface area contributed by atoms with Crippen molar-refractivity contribution in [2.75, 3.05) is 5.32 Å². The summed E-state index contributed by atoms with van der Waals surface area (Å²) in [6.45, 7) is 1.66. The molecule has 2 aromatic heterocycles. The Hall–Kier alpha value is -2.88. The first-order chi connectivity index (χ1) is 13.6. The fourth-order valence-corrected chi connectivity index (χ4v) is 2.93. The van der Waals surface area contributed by atoms with Crippen LogP contribution in [0.5, 0.6) is 0 Å². The number of anilines is 1. The van der Waals surface area contributed by atoms with Crippen molar-refractivity contribution in [1.82, 2.24) is 19.6 Å². The number of halogens is 5. The van der Waals surface area contributed by atoms with Gasteiger partial charge >= 0.3 is 6.18 Å². The highest BCUT2D eigenvalue weighted by Gasteiger charge is 2.38. The average Bonchev–Trinajstić information content (AvgIpc) is 3.18. The molecule has 6 nitrogen and oxygen atoms in total. The zero-order chi connectivity index (χ0) is 21.2. The lowest BCUT2D eigenvalue weighted by molar-refractivity contribution is -0.141. The Morgan fingerprint density at radius 2 is 2.07 bits per heavy atom. The number of hydrogen-bond acceptors (Lipinski definition) is 3. The van der Waals surface area contributed by atoms with E-state index in [0.29, 0.717) is 17.8 Å². The van der Waals surface area contributed by atoms with Crippen LogP contribution in [0.1, 0.15) is 23.4 Å². The molecule has 0 radical (unpaired) electrons. The fourth-order valence-electron chi connectivity index (χ4n) is 2.69. The van der Waals surface area contributed by atoms with Crippen molar-refractivity contribution in [3.63, 3.8) is 0 Å². The maximum Gasteiger partial charge on any atom is 0.436 e. The molecule has 29 heavy (non-hydrogen) atoms. The molecule has 11 heteroatoms. The van der Waals surface area contributed by atoms with Crippen molar-refractivity contribution >= 4 is 23.2 Å². The molecule has 0 atom stereocenters. The van der Waals surface area contributed by atoms with Crippen LogP contribution in [0.4, 0.5) is 23.2 Å². The van der Waals surface area contributed by atoms with Crippen molar-refractivity contribution < 1.29 is 22.4 Å². The standard InChI is InChI=1S/C18H16ClF4N5O/c1-11-16(19)17(18(21,22)23)26-28(11)6-5-15(29)25-14-8-24-27(10-14)9-12-3-2-4-13(20)7-12/h2-4,7-8,10H,5-6,9H2,1H3,(H,25,29). The van der Waals surface area contributed by atoms with E-state index < -0.39 is 22.8 Å². The third kappa shape index (κ3) is 5.14. The summed E-state index contributed by atoms with van der Waals surface area (Å²) in [6.07, 6.45) is -1.77. The molecule has 0 aliphatic carbocycles. The highest BCUT2D eigenvalue weighted by atomic mass is 35.5. The predicted octanol–water partition coefficient (Wildman–Crippen LogP) is 4.28. The molecule has 154 valence electrons. The number of aromatic nitrogens is 4. The summed E-state index contributed by atoms with van der Waals surface area (Å²) in [4.78, 5) is 12.1. The van der Waals surface area contributed by atoms with Crippen molar-refractivity contribution in [1.29, 1.82) is 0 Å². The van der Waals surface area contributed by atoms with Gasteiger partial charge in [-0.25, -0.2) is 4.39 Å². The molecule has 0 spiro atoms. The van der Waals surface area contributed by atoms with Crippen molar-refractivity contribution in [3.05, 3.63) is 64.5 Å². The van der Waals surface area contributed by atoms with Crippen LogP contribution >= 0.6 is 11.6 Å². The summed E-state index contributed by atoms with van der Waals surface area (Å²) < 4.78 is 54.3. The molecule has 0 bridgehead atoms. The molecule has 3 aromatic rings. The number of aryl methyl sites for hydroxylation is 1. The van der Waals surface area contributed by atoms with Gasteiger partial charge in [0.25, 0.3) is 0 Å².